The van der Waals surface area contributed by atoms with Crippen LogP contribution in [0.3, 0.4) is 0 Å². The van der Waals surface area contributed by atoms with Gasteiger partial charge in [0.2, 0.25) is 10.0 Å². The first kappa shape index (κ1) is 16.2. The van der Waals surface area contributed by atoms with Gasteiger partial charge in [-0.25, -0.2) is 13.1 Å². The molecule has 2 aromatic heterocycles. The third kappa shape index (κ3) is 3.18. The largest absolute Gasteiger partial charge is 0.387 e. The van der Waals surface area contributed by atoms with Gasteiger partial charge in [-0.15, -0.1) is 11.3 Å². The van der Waals surface area contributed by atoms with Gasteiger partial charge in [0, 0.05) is 41.1 Å². The number of hydrogen-bond donors (Lipinski definition) is 2. The van der Waals surface area contributed by atoms with Crippen LogP contribution in [0.2, 0.25) is 0 Å². The summed E-state index contributed by atoms with van der Waals surface area (Å²) in [6, 6.07) is 11.1. The molecule has 0 saturated heterocycles. The van der Waals surface area contributed by atoms with Crippen LogP contribution in [0.15, 0.2) is 46.8 Å². The molecule has 0 saturated carbocycles. The highest BCUT2D eigenvalue weighted by Gasteiger charge is 2.20. The highest BCUT2D eigenvalue weighted by molar-refractivity contribution is 7.91. The number of aliphatic hydroxyl groups is 1. The van der Waals surface area contributed by atoms with Gasteiger partial charge in [0.15, 0.2) is 0 Å². The van der Waals surface area contributed by atoms with Gasteiger partial charge in [-0.1, -0.05) is 18.2 Å². The van der Waals surface area contributed by atoms with Crippen LogP contribution in [0.5, 0.6) is 0 Å². The van der Waals surface area contributed by atoms with Crippen LogP contribution < -0.4 is 4.72 Å². The van der Waals surface area contributed by atoms with E-state index in [0.29, 0.717) is 5.56 Å². The molecule has 0 fully saturated rings. The molecular weight excluding hydrogens is 332 g/mol. The molecule has 3 rings (SSSR count). The molecule has 1 unspecified atom stereocenters. The number of thiophene rings is 1. The maximum atomic E-state index is 12.2. The SMILES string of the molecule is Cc1ccc(S(=O)(=O)NCC(O)c2cn(C)c3ccccc23)s1. The van der Waals surface area contributed by atoms with Crippen molar-refractivity contribution in [3.8, 4) is 0 Å². The van der Waals surface area contributed by atoms with E-state index < -0.39 is 16.1 Å². The van der Waals surface area contributed by atoms with E-state index in [-0.39, 0.29) is 10.8 Å². The summed E-state index contributed by atoms with van der Waals surface area (Å²) in [6.07, 6.45) is 0.927. The number of rotatable bonds is 5. The number of fused-ring (bicyclic) bond motifs is 1. The molecule has 0 amide bonds. The van der Waals surface area contributed by atoms with E-state index in [1.807, 2.05) is 49.0 Å². The number of nitrogens with one attached hydrogen (secondary N) is 1. The highest BCUT2D eigenvalue weighted by Crippen LogP contribution is 2.26. The lowest BCUT2D eigenvalue weighted by molar-refractivity contribution is 0.183. The van der Waals surface area contributed by atoms with Gasteiger partial charge in [-0.2, -0.15) is 0 Å². The van der Waals surface area contributed by atoms with E-state index in [1.165, 1.54) is 11.3 Å². The summed E-state index contributed by atoms with van der Waals surface area (Å²) < 4.78 is 29.1. The summed E-state index contributed by atoms with van der Waals surface area (Å²) in [6.45, 7) is 1.79. The Morgan fingerprint density at radius 2 is 2.00 bits per heavy atom. The fraction of sp³-hybridized carbons (Fsp3) is 0.250. The zero-order valence-corrected chi connectivity index (χ0v) is 14.5. The van der Waals surface area contributed by atoms with E-state index in [0.717, 1.165) is 15.8 Å². The molecule has 1 aromatic carbocycles. The Morgan fingerprint density at radius 3 is 2.70 bits per heavy atom. The average molecular weight is 350 g/mol. The lowest BCUT2D eigenvalue weighted by Crippen LogP contribution is -2.27. The molecule has 5 nitrogen and oxygen atoms in total. The molecule has 0 aliphatic rings. The maximum absolute atomic E-state index is 12.2. The lowest BCUT2D eigenvalue weighted by atomic mass is 10.1. The fourth-order valence-electron chi connectivity index (χ4n) is 2.56. The molecule has 0 bridgehead atoms. The summed E-state index contributed by atoms with van der Waals surface area (Å²) in [7, 11) is -1.69. The summed E-state index contributed by atoms with van der Waals surface area (Å²) in [5, 5.41) is 11.3. The van der Waals surface area contributed by atoms with E-state index in [2.05, 4.69) is 4.72 Å². The van der Waals surface area contributed by atoms with Crippen LogP contribution in [0.4, 0.5) is 0 Å². The van der Waals surface area contributed by atoms with Crippen LogP contribution in [-0.4, -0.2) is 24.6 Å². The van der Waals surface area contributed by atoms with Crippen molar-refractivity contribution >= 4 is 32.3 Å². The summed E-state index contributed by atoms with van der Waals surface area (Å²) >= 11 is 1.21. The molecule has 3 aromatic rings. The zero-order valence-electron chi connectivity index (χ0n) is 12.9. The number of aliphatic hydroxyl groups excluding tert-OH is 1. The van der Waals surface area contributed by atoms with Gasteiger partial charge in [0.1, 0.15) is 4.21 Å². The first-order valence-corrected chi connectivity index (χ1v) is 9.46. The van der Waals surface area contributed by atoms with Crippen molar-refractivity contribution < 1.29 is 13.5 Å². The zero-order chi connectivity index (χ0) is 16.6. The van der Waals surface area contributed by atoms with Crippen LogP contribution >= 0.6 is 11.3 Å². The summed E-state index contributed by atoms with van der Waals surface area (Å²) in [5.74, 6) is 0. The normalized spacial score (nSPS) is 13.5. The van der Waals surface area contributed by atoms with E-state index in [9.17, 15) is 13.5 Å². The molecule has 0 aliphatic carbocycles. The van der Waals surface area contributed by atoms with Crippen molar-refractivity contribution in [1.82, 2.24) is 9.29 Å². The van der Waals surface area contributed by atoms with Gasteiger partial charge in [0.05, 0.1) is 6.10 Å². The monoisotopic (exact) mass is 350 g/mol. The van der Waals surface area contributed by atoms with Crippen molar-refractivity contribution in [3.05, 3.63) is 53.0 Å². The van der Waals surface area contributed by atoms with Gasteiger partial charge in [-0.05, 0) is 25.1 Å². The number of nitrogens with zero attached hydrogens (tertiary/aromatic N) is 1. The Labute approximate surface area is 139 Å². The third-order valence-electron chi connectivity index (χ3n) is 3.73. The van der Waals surface area contributed by atoms with Gasteiger partial charge >= 0.3 is 0 Å². The minimum absolute atomic E-state index is 0.0622. The molecule has 2 N–H and O–H groups in total. The number of hydrogen-bond acceptors (Lipinski definition) is 4. The molecule has 7 heteroatoms. The number of para-hydroxylation sites is 1. The average Bonchev–Trinajstić information content (AvgIpc) is 3.10. The number of benzene rings is 1. The van der Waals surface area contributed by atoms with Gasteiger partial charge in [-0.3, -0.25) is 0 Å². The van der Waals surface area contributed by atoms with Crippen molar-refractivity contribution in [2.24, 2.45) is 7.05 Å². The van der Waals surface area contributed by atoms with E-state index >= 15 is 0 Å². The Kier molecular flexibility index (Phi) is 4.29. The van der Waals surface area contributed by atoms with E-state index in [4.69, 9.17) is 0 Å². The second kappa shape index (κ2) is 6.09. The number of aryl methyl sites for hydroxylation is 2. The van der Waals surface area contributed by atoms with Crippen molar-refractivity contribution in [1.29, 1.82) is 0 Å². The predicted octanol–water partition coefficient (Wildman–Crippen LogP) is 2.56. The van der Waals surface area contributed by atoms with Crippen LogP contribution in [0.25, 0.3) is 10.9 Å². The first-order valence-electron chi connectivity index (χ1n) is 7.16. The van der Waals surface area contributed by atoms with Crippen molar-refractivity contribution in [3.63, 3.8) is 0 Å². The Morgan fingerprint density at radius 1 is 1.26 bits per heavy atom. The standard InChI is InChI=1S/C16H18N2O3S2/c1-11-7-8-16(22-11)23(20,21)17-9-15(19)13-10-18(2)14-6-4-3-5-12(13)14/h3-8,10,15,17,19H,9H2,1-2H3. The molecule has 2 heterocycles. The van der Waals surface area contributed by atoms with E-state index in [1.54, 1.807) is 12.1 Å². The first-order chi connectivity index (χ1) is 10.9. The topological polar surface area (TPSA) is 71.3 Å². The van der Waals surface area contributed by atoms with Crippen LogP contribution in [-0.2, 0) is 17.1 Å². The number of sulfonamides is 1. The van der Waals surface area contributed by atoms with Crippen LogP contribution in [0, 0.1) is 6.92 Å². The fourth-order valence-corrected chi connectivity index (χ4v) is 4.93. The second-order valence-corrected chi connectivity index (χ2v) is 8.73. The molecule has 122 valence electrons. The molecule has 0 aliphatic heterocycles. The molecule has 1 atom stereocenters. The van der Waals surface area contributed by atoms with Crippen molar-refractivity contribution in [2.45, 2.75) is 17.2 Å². The highest BCUT2D eigenvalue weighted by atomic mass is 32.2. The Balaban J connectivity index is 1.80. The molecule has 23 heavy (non-hydrogen) atoms. The Bertz CT molecular complexity index is 941. The van der Waals surface area contributed by atoms with Gasteiger partial charge < -0.3 is 9.67 Å². The minimum atomic E-state index is -3.59. The summed E-state index contributed by atoms with van der Waals surface area (Å²) in [4.78, 5) is 0.931. The molecule has 0 spiro atoms. The number of aromatic nitrogens is 1. The minimum Gasteiger partial charge on any atom is -0.387 e. The lowest BCUT2D eigenvalue weighted by Gasteiger charge is -2.11. The van der Waals surface area contributed by atoms with Crippen LogP contribution in [0.1, 0.15) is 16.5 Å². The quantitative estimate of drug-likeness (QED) is 0.743. The Hall–Kier alpha value is -1.67. The molecule has 0 radical (unpaired) electrons. The van der Waals surface area contributed by atoms with Crippen molar-refractivity contribution in [2.75, 3.05) is 6.54 Å². The van der Waals surface area contributed by atoms with Gasteiger partial charge in [0.25, 0.3) is 0 Å². The maximum Gasteiger partial charge on any atom is 0.250 e. The second-order valence-electron chi connectivity index (χ2n) is 5.45. The molecular formula is C16H18N2O3S2. The predicted molar refractivity (Wildman–Crippen MR) is 92.1 cm³/mol. The third-order valence-corrected chi connectivity index (χ3v) is 6.65. The summed E-state index contributed by atoms with van der Waals surface area (Å²) in [5.41, 5.74) is 1.71. The smallest absolute Gasteiger partial charge is 0.250 e.